The van der Waals surface area contributed by atoms with Crippen LogP contribution in [0.3, 0.4) is 0 Å². The Labute approximate surface area is 99.0 Å². The van der Waals surface area contributed by atoms with E-state index in [9.17, 15) is 0 Å². The Kier molecular flexibility index (Phi) is 2.37. The highest BCUT2D eigenvalue weighted by atomic mass is 35.5. The van der Waals surface area contributed by atoms with Crippen molar-refractivity contribution >= 4 is 22.6 Å². The maximum absolute atomic E-state index is 6.08. The molecule has 3 rings (SSSR count). The van der Waals surface area contributed by atoms with Crippen molar-refractivity contribution in [2.75, 3.05) is 0 Å². The highest BCUT2D eigenvalue weighted by molar-refractivity contribution is 6.31. The predicted octanol–water partition coefficient (Wildman–Crippen LogP) is 2.81. The molecule has 1 saturated carbocycles. The summed E-state index contributed by atoms with van der Waals surface area (Å²) >= 11 is 5.94. The smallest absolute Gasteiger partial charge is 0.111 e. The molecule has 1 aliphatic rings. The monoisotopic (exact) mass is 235 g/mol. The van der Waals surface area contributed by atoms with Gasteiger partial charge in [-0.15, -0.1) is 0 Å². The lowest BCUT2D eigenvalue weighted by Gasteiger charge is -2.11. The molecule has 84 valence electrons. The third-order valence-corrected chi connectivity index (χ3v) is 3.62. The molecular formula is C12H14ClN3. The van der Waals surface area contributed by atoms with Gasteiger partial charge in [0.1, 0.15) is 5.82 Å². The van der Waals surface area contributed by atoms with Crippen molar-refractivity contribution in [3.8, 4) is 0 Å². The number of hydrogen-bond donors (Lipinski definition) is 2. The van der Waals surface area contributed by atoms with Gasteiger partial charge in [-0.3, -0.25) is 0 Å². The lowest BCUT2D eigenvalue weighted by Crippen LogP contribution is -2.23. The molecule has 0 amide bonds. The number of nitrogens with two attached hydrogens (primary N) is 1. The summed E-state index contributed by atoms with van der Waals surface area (Å²) < 4.78 is 0. The summed E-state index contributed by atoms with van der Waals surface area (Å²) in [6.07, 6.45) is 3.43. The van der Waals surface area contributed by atoms with E-state index in [4.69, 9.17) is 17.3 Å². The molecule has 2 atom stereocenters. The molecule has 3 nitrogen and oxygen atoms in total. The van der Waals surface area contributed by atoms with Crippen molar-refractivity contribution in [1.82, 2.24) is 9.97 Å². The molecule has 16 heavy (non-hydrogen) atoms. The van der Waals surface area contributed by atoms with Gasteiger partial charge in [0, 0.05) is 17.0 Å². The average Bonchev–Trinajstić information content (AvgIpc) is 2.82. The van der Waals surface area contributed by atoms with Crippen LogP contribution in [0.5, 0.6) is 0 Å². The van der Waals surface area contributed by atoms with Crippen LogP contribution in [0.25, 0.3) is 11.0 Å². The molecule has 0 bridgehead atoms. The minimum atomic E-state index is 0.246. The second kappa shape index (κ2) is 3.75. The van der Waals surface area contributed by atoms with Crippen LogP contribution in [-0.4, -0.2) is 16.0 Å². The molecule has 1 aliphatic carbocycles. The number of halogens is 1. The van der Waals surface area contributed by atoms with Gasteiger partial charge in [0.25, 0.3) is 0 Å². The second-order valence-electron chi connectivity index (χ2n) is 4.48. The predicted molar refractivity (Wildman–Crippen MR) is 65.7 cm³/mol. The summed E-state index contributed by atoms with van der Waals surface area (Å²) in [5.74, 6) is 1.40. The Morgan fingerprint density at radius 3 is 3.00 bits per heavy atom. The first kappa shape index (κ1) is 10.1. The van der Waals surface area contributed by atoms with Gasteiger partial charge in [0.15, 0.2) is 0 Å². The maximum atomic E-state index is 6.08. The second-order valence-corrected chi connectivity index (χ2v) is 4.92. The van der Waals surface area contributed by atoms with Crippen molar-refractivity contribution in [2.45, 2.75) is 31.2 Å². The number of H-pyrrole nitrogens is 1. The first-order valence-electron chi connectivity index (χ1n) is 5.65. The van der Waals surface area contributed by atoms with Gasteiger partial charge in [0.05, 0.1) is 11.0 Å². The summed E-state index contributed by atoms with van der Waals surface area (Å²) in [5, 5.41) is 0.735. The molecule has 1 heterocycles. The lowest BCUT2D eigenvalue weighted by atomic mass is 10.0. The van der Waals surface area contributed by atoms with E-state index < -0.39 is 0 Å². The van der Waals surface area contributed by atoms with Crippen LogP contribution >= 0.6 is 11.6 Å². The van der Waals surface area contributed by atoms with Crippen molar-refractivity contribution in [2.24, 2.45) is 5.73 Å². The molecule has 2 aromatic rings. The van der Waals surface area contributed by atoms with Gasteiger partial charge in [0.2, 0.25) is 0 Å². The number of aromatic nitrogens is 2. The maximum Gasteiger partial charge on any atom is 0.111 e. The Morgan fingerprint density at radius 2 is 2.25 bits per heavy atom. The first-order valence-corrected chi connectivity index (χ1v) is 6.02. The first-order chi connectivity index (χ1) is 7.74. The zero-order valence-corrected chi connectivity index (χ0v) is 9.67. The number of benzene rings is 1. The van der Waals surface area contributed by atoms with Gasteiger partial charge in [-0.05, 0) is 31.0 Å². The van der Waals surface area contributed by atoms with E-state index in [1.165, 1.54) is 6.42 Å². The normalized spacial score (nSPS) is 25.4. The summed E-state index contributed by atoms with van der Waals surface area (Å²) in [7, 11) is 0. The molecule has 0 aliphatic heterocycles. The molecule has 1 aromatic carbocycles. The Balaban J connectivity index is 2.04. The van der Waals surface area contributed by atoms with Crippen molar-refractivity contribution in [1.29, 1.82) is 0 Å². The third kappa shape index (κ3) is 1.60. The van der Waals surface area contributed by atoms with Crippen LogP contribution in [0.2, 0.25) is 5.02 Å². The molecule has 1 aromatic heterocycles. The highest BCUT2D eigenvalue weighted by Crippen LogP contribution is 2.32. The minimum Gasteiger partial charge on any atom is -0.342 e. The van der Waals surface area contributed by atoms with Gasteiger partial charge in [-0.2, -0.15) is 0 Å². The number of nitrogens with one attached hydrogen (secondary N) is 1. The van der Waals surface area contributed by atoms with E-state index >= 15 is 0 Å². The Bertz CT molecular complexity index is 520. The van der Waals surface area contributed by atoms with Crippen LogP contribution in [0.4, 0.5) is 0 Å². The van der Waals surface area contributed by atoms with Crippen LogP contribution in [0, 0.1) is 0 Å². The fourth-order valence-corrected chi connectivity index (χ4v) is 2.68. The van der Waals surface area contributed by atoms with Gasteiger partial charge >= 0.3 is 0 Å². The summed E-state index contributed by atoms with van der Waals surface area (Å²) in [6.45, 7) is 0. The van der Waals surface area contributed by atoms with Crippen LogP contribution in [0.1, 0.15) is 31.0 Å². The van der Waals surface area contributed by atoms with Crippen LogP contribution < -0.4 is 5.73 Å². The zero-order chi connectivity index (χ0) is 11.1. The average molecular weight is 236 g/mol. The number of rotatable bonds is 1. The van der Waals surface area contributed by atoms with Gasteiger partial charge < -0.3 is 10.7 Å². The SMILES string of the molecule is NC1CCCC1c1nc2ccc(Cl)cc2[nH]1. The number of imidazole rings is 1. The molecular weight excluding hydrogens is 222 g/mol. The quantitative estimate of drug-likeness (QED) is 0.799. The standard InChI is InChI=1S/C12H14ClN3/c13-7-4-5-10-11(6-7)16-12(15-10)8-2-1-3-9(8)14/h4-6,8-9H,1-3,14H2,(H,15,16). The van der Waals surface area contributed by atoms with Gasteiger partial charge in [-0.25, -0.2) is 4.98 Å². The van der Waals surface area contributed by atoms with E-state index in [2.05, 4.69) is 9.97 Å². The summed E-state index contributed by atoms with van der Waals surface area (Å²) in [5.41, 5.74) is 8.05. The van der Waals surface area contributed by atoms with Crippen molar-refractivity contribution in [3.05, 3.63) is 29.0 Å². The van der Waals surface area contributed by atoms with E-state index in [0.29, 0.717) is 5.92 Å². The van der Waals surface area contributed by atoms with E-state index in [-0.39, 0.29) is 6.04 Å². The summed E-state index contributed by atoms with van der Waals surface area (Å²) in [4.78, 5) is 7.93. The minimum absolute atomic E-state index is 0.246. The zero-order valence-electron chi connectivity index (χ0n) is 8.91. The van der Waals surface area contributed by atoms with E-state index in [0.717, 1.165) is 34.7 Å². The Hall–Kier alpha value is -1.06. The van der Waals surface area contributed by atoms with E-state index in [1.807, 2.05) is 18.2 Å². The molecule has 0 saturated heterocycles. The lowest BCUT2D eigenvalue weighted by molar-refractivity contribution is 0.588. The number of fused-ring (bicyclic) bond motifs is 1. The molecule has 1 fully saturated rings. The fourth-order valence-electron chi connectivity index (χ4n) is 2.51. The topological polar surface area (TPSA) is 54.7 Å². The molecule has 0 radical (unpaired) electrons. The van der Waals surface area contributed by atoms with Gasteiger partial charge in [-0.1, -0.05) is 18.0 Å². The largest absolute Gasteiger partial charge is 0.342 e. The van der Waals surface area contributed by atoms with Crippen LogP contribution in [-0.2, 0) is 0 Å². The van der Waals surface area contributed by atoms with Crippen molar-refractivity contribution < 1.29 is 0 Å². The molecule has 4 heteroatoms. The molecule has 3 N–H and O–H groups in total. The summed E-state index contributed by atoms with van der Waals surface area (Å²) in [6, 6.07) is 5.96. The van der Waals surface area contributed by atoms with Crippen molar-refractivity contribution in [3.63, 3.8) is 0 Å². The van der Waals surface area contributed by atoms with Crippen LogP contribution in [0.15, 0.2) is 18.2 Å². The molecule has 0 spiro atoms. The Morgan fingerprint density at radius 1 is 1.38 bits per heavy atom. The van der Waals surface area contributed by atoms with E-state index in [1.54, 1.807) is 0 Å². The highest BCUT2D eigenvalue weighted by Gasteiger charge is 2.27. The fraction of sp³-hybridized carbons (Fsp3) is 0.417. The third-order valence-electron chi connectivity index (χ3n) is 3.38. The molecule has 2 unspecified atom stereocenters. The number of hydrogen-bond acceptors (Lipinski definition) is 2. The number of nitrogens with zero attached hydrogens (tertiary/aromatic N) is 1. The number of aromatic amines is 1.